The third kappa shape index (κ3) is 4.37. The molecule has 140 valence electrons. The lowest BCUT2D eigenvalue weighted by atomic mass is 10.1. The van der Waals surface area contributed by atoms with Gasteiger partial charge in [-0.15, -0.1) is 11.3 Å². The molecule has 4 rings (SSSR count). The number of likely N-dealkylation sites (tertiary alicyclic amines) is 1. The number of fused-ring (bicyclic) bond motifs is 1. The summed E-state index contributed by atoms with van der Waals surface area (Å²) in [5.74, 6) is 0.133. The van der Waals surface area contributed by atoms with Crippen molar-refractivity contribution in [2.24, 2.45) is 0 Å². The number of para-hydroxylation sites is 1. The highest BCUT2D eigenvalue weighted by molar-refractivity contribution is 7.18. The smallest absolute Gasteiger partial charge is 0.220 e. The molecule has 0 spiro atoms. The predicted molar refractivity (Wildman–Crippen MR) is 111 cm³/mol. The molecule has 27 heavy (non-hydrogen) atoms. The monoisotopic (exact) mass is 379 g/mol. The highest BCUT2D eigenvalue weighted by atomic mass is 32.1. The molecule has 2 atom stereocenters. The Labute approximate surface area is 164 Å². The van der Waals surface area contributed by atoms with Crippen molar-refractivity contribution in [2.75, 3.05) is 13.1 Å². The molecule has 4 nitrogen and oxygen atoms in total. The molecule has 1 aliphatic rings. The Morgan fingerprint density at radius 2 is 2.00 bits per heavy atom. The molecule has 0 saturated carbocycles. The Hall–Kier alpha value is -2.24. The maximum absolute atomic E-state index is 12.4. The lowest BCUT2D eigenvalue weighted by molar-refractivity contribution is -0.121. The Morgan fingerprint density at radius 1 is 1.22 bits per heavy atom. The molecule has 0 aliphatic carbocycles. The van der Waals surface area contributed by atoms with Gasteiger partial charge in [-0.25, -0.2) is 4.98 Å². The summed E-state index contributed by atoms with van der Waals surface area (Å²) >= 11 is 1.68. The van der Waals surface area contributed by atoms with Crippen LogP contribution in [0.1, 0.15) is 36.4 Å². The molecular weight excluding hydrogens is 354 g/mol. The van der Waals surface area contributed by atoms with Crippen LogP contribution >= 0.6 is 11.3 Å². The SMILES string of the molecule is CC(c1ccccc1)N1CCC(NC(=O)CCc2nc3ccccc3s2)C1. The van der Waals surface area contributed by atoms with Crippen molar-refractivity contribution in [3.63, 3.8) is 0 Å². The number of thiazole rings is 1. The fourth-order valence-electron chi connectivity index (χ4n) is 3.75. The second-order valence-electron chi connectivity index (χ2n) is 7.21. The van der Waals surface area contributed by atoms with Gasteiger partial charge < -0.3 is 5.32 Å². The van der Waals surface area contributed by atoms with Crippen LogP contribution in [0, 0.1) is 0 Å². The van der Waals surface area contributed by atoms with Crippen molar-refractivity contribution in [3.8, 4) is 0 Å². The topological polar surface area (TPSA) is 45.2 Å². The average Bonchev–Trinajstić information content (AvgIpc) is 3.33. The molecule has 1 amide bonds. The lowest BCUT2D eigenvalue weighted by Gasteiger charge is -2.24. The minimum absolute atomic E-state index is 0.133. The molecule has 1 fully saturated rings. The van der Waals surface area contributed by atoms with Crippen LogP contribution in [-0.2, 0) is 11.2 Å². The molecule has 1 aliphatic heterocycles. The van der Waals surface area contributed by atoms with Crippen molar-refractivity contribution in [1.82, 2.24) is 15.2 Å². The maximum atomic E-state index is 12.4. The van der Waals surface area contributed by atoms with E-state index in [4.69, 9.17) is 0 Å². The summed E-state index contributed by atoms with van der Waals surface area (Å²) in [5.41, 5.74) is 2.36. The van der Waals surface area contributed by atoms with E-state index in [-0.39, 0.29) is 11.9 Å². The van der Waals surface area contributed by atoms with E-state index < -0.39 is 0 Å². The third-order valence-corrected chi connectivity index (χ3v) is 6.41. The molecule has 5 heteroatoms. The molecule has 1 N–H and O–H groups in total. The Balaban J connectivity index is 1.26. The first-order chi connectivity index (χ1) is 13.2. The fourth-order valence-corrected chi connectivity index (χ4v) is 4.71. The van der Waals surface area contributed by atoms with Gasteiger partial charge in [0.25, 0.3) is 0 Å². The van der Waals surface area contributed by atoms with Gasteiger partial charge in [0.15, 0.2) is 0 Å². The van der Waals surface area contributed by atoms with Crippen LogP contribution in [0.4, 0.5) is 0 Å². The summed E-state index contributed by atoms with van der Waals surface area (Å²) in [6.45, 7) is 4.19. The van der Waals surface area contributed by atoms with E-state index in [2.05, 4.69) is 58.5 Å². The van der Waals surface area contributed by atoms with Gasteiger partial charge >= 0.3 is 0 Å². The van der Waals surface area contributed by atoms with Crippen molar-refractivity contribution < 1.29 is 4.79 Å². The first-order valence-electron chi connectivity index (χ1n) is 9.62. The van der Waals surface area contributed by atoms with Crippen LogP contribution in [0.3, 0.4) is 0 Å². The molecule has 1 aromatic heterocycles. The van der Waals surface area contributed by atoms with Gasteiger partial charge in [-0.2, -0.15) is 0 Å². The van der Waals surface area contributed by atoms with Gasteiger partial charge in [-0.1, -0.05) is 42.5 Å². The molecule has 0 bridgehead atoms. The fraction of sp³-hybridized carbons (Fsp3) is 0.364. The number of nitrogens with zero attached hydrogens (tertiary/aromatic N) is 2. The van der Waals surface area contributed by atoms with Crippen LogP contribution in [0.2, 0.25) is 0 Å². The quantitative estimate of drug-likeness (QED) is 0.699. The van der Waals surface area contributed by atoms with Crippen LogP contribution in [0.25, 0.3) is 10.2 Å². The Kier molecular flexibility index (Phi) is 5.50. The normalized spacial score (nSPS) is 18.6. The van der Waals surface area contributed by atoms with E-state index in [1.807, 2.05) is 18.2 Å². The summed E-state index contributed by atoms with van der Waals surface area (Å²) in [6.07, 6.45) is 2.23. The number of aromatic nitrogens is 1. The van der Waals surface area contributed by atoms with Crippen molar-refractivity contribution in [1.29, 1.82) is 0 Å². The first-order valence-corrected chi connectivity index (χ1v) is 10.4. The second-order valence-corrected chi connectivity index (χ2v) is 8.33. The maximum Gasteiger partial charge on any atom is 0.220 e. The minimum atomic E-state index is 0.133. The highest BCUT2D eigenvalue weighted by Crippen LogP contribution is 2.25. The molecule has 2 aromatic carbocycles. The number of carbonyl (C=O) groups is 1. The van der Waals surface area contributed by atoms with Gasteiger partial charge in [0.1, 0.15) is 0 Å². The zero-order chi connectivity index (χ0) is 18.6. The summed E-state index contributed by atoms with van der Waals surface area (Å²) in [6, 6.07) is 19.3. The van der Waals surface area contributed by atoms with Crippen LogP contribution in [0.5, 0.6) is 0 Å². The lowest BCUT2D eigenvalue weighted by Crippen LogP contribution is -2.37. The standard InChI is InChI=1S/C22H25N3OS/c1-16(17-7-3-2-4-8-17)25-14-13-18(15-25)23-21(26)11-12-22-24-19-9-5-6-10-20(19)27-22/h2-10,16,18H,11-15H2,1H3,(H,23,26). The molecular formula is C22H25N3OS. The van der Waals surface area contributed by atoms with Crippen molar-refractivity contribution >= 4 is 27.5 Å². The van der Waals surface area contributed by atoms with Crippen molar-refractivity contribution in [2.45, 2.75) is 38.3 Å². The molecule has 2 unspecified atom stereocenters. The second kappa shape index (κ2) is 8.19. The van der Waals surface area contributed by atoms with Crippen LogP contribution < -0.4 is 5.32 Å². The van der Waals surface area contributed by atoms with Gasteiger partial charge in [-0.3, -0.25) is 9.69 Å². The van der Waals surface area contributed by atoms with Gasteiger partial charge in [0.2, 0.25) is 5.91 Å². The zero-order valence-corrected chi connectivity index (χ0v) is 16.4. The van der Waals surface area contributed by atoms with E-state index >= 15 is 0 Å². The molecule has 3 aromatic rings. The average molecular weight is 380 g/mol. The Morgan fingerprint density at radius 3 is 2.81 bits per heavy atom. The van der Waals surface area contributed by atoms with E-state index in [1.165, 1.54) is 10.3 Å². The van der Waals surface area contributed by atoms with Crippen molar-refractivity contribution in [3.05, 3.63) is 65.2 Å². The highest BCUT2D eigenvalue weighted by Gasteiger charge is 2.27. The number of nitrogens with one attached hydrogen (secondary N) is 1. The molecule has 2 heterocycles. The number of hydrogen-bond donors (Lipinski definition) is 1. The summed E-state index contributed by atoms with van der Waals surface area (Å²) in [4.78, 5) is 19.4. The summed E-state index contributed by atoms with van der Waals surface area (Å²) < 4.78 is 1.19. The van der Waals surface area contributed by atoms with Gasteiger partial charge in [0.05, 0.1) is 15.2 Å². The van der Waals surface area contributed by atoms with E-state index in [0.717, 1.165) is 30.0 Å². The molecule has 1 saturated heterocycles. The Bertz CT molecular complexity index is 875. The molecule has 0 radical (unpaired) electrons. The number of carbonyl (C=O) groups excluding carboxylic acids is 1. The first kappa shape index (κ1) is 18.1. The minimum Gasteiger partial charge on any atom is -0.352 e. The number of amides is 1. The van der Waals surface area contributed by atoms with Crippen LogP contribution in [-0.4, -0.2) is 34.9 Å². The van der Waals surface area contributed by atoms with E-state index in [9.17, 15) is 4.79 Å². The number of rotatable bonds is 6. The van der Waals surface area contributed by atoms with E-state index in [0.29, 0.717) is 18.9 Å². The number of hydrogen-bond acceptors (Lipinski definition) is 4. The third-order valence-electron chi connectivity index (χ3n) is 5.32. The summed E-state index contributed by atoms with van der Waals surface area (Å²) in [5, 5.41) is 4.25. The summed E-state index contributed by atoms with van der Waals surface area (Å²) in [7, 11) is 0. The van der Waals surface area contributed by atoms with E-state index in [1.54, 1.807) is 11.3 Å². The van der Waals surface area contributed by atoms with Gasteiger partial charge in [-0.05, 0) is 31.0 Å². The zero-order valence-electron chi connectivity index (χ0n) is 15.6. The largest absolute Gasteiger partial charge is 0.352 e. The van der Waals surface area contributed by atoms with Gasteiger partial charge in [0, 0.05) is 38.0 Å². The van der Waals surface area contributed by atoms with Crippen LogP contribution in [0.15, 0.2) is 54.6 Å². The number of benzene rings is 2. The predicted octanol–water partition coefficient (Wildman–Crippen LogP) is 4.18. The number of aryl methyl sites for hydroxylation is 1.